The number of nitrogens with zero attached hydrogens (tertiary/aromatic N) is 1. The first-order valence-electron chi connectivity index (χ1n) is 10.1. The van der Waals surface area contributed by atoms with Gasteiger partial charge in [-0.2, -0.15) is 4.31 Å². The minimum atomic E-state index is -3.81. The molecule has 9 heteroatoms. The SMILES string of the molecule is CCOC(=O)c1cc(S(=O)(=O)N2CCC(C(=O)Nc3ccc(F)cc3)CC2)ccc1C. The van der Waals surface area contributed by atoms with Crippen molar-refractivity contribution in [1.29, 1.82) is 0 Å². The topological polar surface area (TPSA) is 92.8 Å². The third kappa shape index (κ3) is 5.29. The highest BCUT2D eigenvalue weighted by Crippen LogP contribution is 2.26. The fourth-order valence-electron chi connectivity index (χ4n) is 3.48. The molecule has 0 aliphatic carbocycles. The lowest BCUT2D eigenvalue weighted by atomic mass is 9.97. The molecule has 0 spiro atoms. The Hall–Kier alpha value is -2.78. The van der Waals surface area contributed by atoms with Crippen LogP contribution in [0.4, 0.5) is 10.1 Å². The van der Waals surface area contributed by atoms with E-state index in [4.69, 9.17) is 4.74 Å². The van der Waals surface area contributed by atoms with Crippen LogP contribution < -0.4 is 5.32 Å². The van der Waals surface area contributed by atoms with Crippen molar-refractivity contribution in [1.82, 2.24) is 4.31 Å². The number of benzene rings is 2. The molecule has 0 saturated carbocycles. The molecule has 2 aromatic carbocycles. The molecule has 1 saturated heterocycles. The second-order valence-corrected chi connectivity index (χ2v) is 9.31. The summed E-state index contributed by atoms with van der Waals surface area (Å²) in [6, 6.07) is 9.88. The Kier molecular flexibility index (Phi) is 7.07. The van der Waals surface area contributed by atoms with Gasteiger partial charge in [0.25, 0.3) is 0 Å². The van der Waals surface area contributed by atoms with Crippen molar-refractivity contribution in [3.05, 3.63) is 59.4 Å². The number of sulfonamides is 1. The van der Waals surface area contributed by atoms with Crippen molar-refractivity contribution in [2.45, 2.75) is 31.6 Å². The molecule has 3 rings (SSSR count). The molecule has 31 heavy (non-hydrogen) atoms. The van der Waals surface area contributed by atoms with Crippen LogP contribution in [0.5, 0.6) is 0 Å². The molecule has 0 bridgehead atoms. The maximum absolute atomic E-state index is 13.1. The Labute approximate surface area is 181 Å². The number of rotatable bonds is 6. The smallest absolute Gasteiger partial charge is 0.338 e. The number of aryl methyl sites for hydroxylation is 1. The molecule has 1 aliphatic heterocycles. The van der Waals surface area contributed by atoms with E-state index in [0.717, 1.165) is 0 Å². The second-order valence-electron chi connectivity index (χ2n) is 7.37. The lowest BCUT2D eigenvalue weighted by Crippen LogP contribution is -2.41. The van der Waals surface area contributed by atoms with Gasteiger partial charge in [-0.3, -0.25) is 4.79 Å². The van der Waals surface area contributed by atoms with Crippen LogP contribution in [0.25, 0.3) is 0 Å². The molecular weight excluding hydrogens is 423 g/mol. The first-order valence-corrected chi connectivity index (χ1v) is 11.5. The Bertz CT molecular complexity index is 1060. The molecule has 0 unspecified atom stereocenters. The van der Waals surface area contributed by atoms with Crippen LogP contribution in [-0.4, -0.2) is 44.3 Å². The van der Waals surface area contributed by atoms with Gasteiger partial charge in [-0.25, -0.2) is 17.6 Å². The minimum absolute atomic E-state index is 0.0235. The van der Waals surface area contributed by atoms with E-state index in [1.165, 1.54) is 40.7 Å². The van der Waals surface area contributed by atoms with Crippen molar-refractivity contribution in [2.24, 2.45) is 5.92 Å². The fourth-order valence-corrected chi connectivity index (χ4v) is 4.97. The molecule has 0 aromatic heterocycles. The van der Waals surface area contributed by atoms with E-state index in [-0.39, 0.29) is 42.0 Å². The first kappa shape index (κ1) is 22.9. The third-order valence-electron chi connectivity index (χ3n) is 5.28. The van der Waals surface area contributed by atoms with E-state index in [1.807, 2.05) is 0 Å². The predicted molar refractivity (Wildman–Crippen MR) is 114 cm³/mol. The van der Waals surface area contributed by atoms with Crippen molar-refractivity contribution >= 4 is 27.6 Å². The number of nitrogens with one attached hydrogen (secondary N) is 1. The van der Waals surface area contributed by atoms with E-state index < -0.39 is 21.8 Å². The summed E-state index contributed by atoms with van der Waals surface area (Å²) in [5.74, 6) is -1.51. The Morgan fingerprint density at radius 1 is 1.13 bits per heavy atom. The molecule has 2 aromatic rings. The van der Waals surface area contributed by atoms with Gasteiger partial charge < -0.3 is 10.1 Å². The number of carbonyl (C=O) groups is 2. The summed E-state index contributed by atoms with van der Waals surface area (Å²) in [6.45, 7) is 3.97. The summed E-state index contributed by atoms with van der Waals surface area (Å²) in [5, 5.41) is 2.74. The number of hydrogen-bond acceptors (Lipinski definition) is 5. The zero-order chi connectivity index (χ0) is 22.6. The highest BCUT2D eigenvalue weighted by molar-refractivity contribution is 7.89. The molecule has 1 heterocycles. The average Bonchev–Trinajstić information content (AvgIpc) is 2.75. The van der Waals surface area contributed by atoms with Gasteiger partial charge in [0.1, 0.15) is 5.82 Å². The van der Waals surface area contributed by atoms with Crippen molar-refractivity contribution < 1.29 is 27.1 Å². The summed E-state index contributed by atoms with van der Waals surface area (Å²) in [4.78, 5) is 24.6. The summed E-state index contributed by atoms with van der Waals surface area (Å²) < 4.78 is 45.5. The number of piperidine rings is 1. The fraction of sp³-hybridized carbons (Fsp3) is 0.364. The molecule has 7 nitrogen and oxygen atoms in total. The van der Waals surface area contributed by atoms with Gasteiger partial charge in [0.15, 0.2) is 0 Å². The highest BCUT2D eigenvalue weighted by atomic mass is 32.2. The van der Waals surface area contributed by atoms with Gasteiger partial charge in [0.2, 0.25) is 15.9 Å². The van der Waals surface area contributed by atoms with Crippen LogP contribution in [0.1, 0.15) is 35.7 Å². The monoisotopic (exact) mass is 448 g/mol. The number of anilines is 1. The zero-order valence-corrected chi connectivity index (χ0v) is 18.2. The molecule has 1 aliphatic rings. The second kappa shape index (κ2) is 9.57. The number of halogens is 1. The molecule has 0 radical (unpaired) electrons. The zero-order valence-electron chi connectivity index (χ0n) is 17.4. The number of carbonyl (C=O) groups excluding carboxylic acids is 2. The Morgan fingerprint density at radius 2 is 1.77 bits per heavy atom. The van der Waals surface area contributed by atoms with E-state index in [0.29, 0.717) is 24.1 Å². The van der Waals surface area contributed by atoms with Gasteiger partial charge in [-0.15, -0.1) is 0 Å². The summed E-state index contributed by atoms with van der Waals surface area (Å²) in [7, 11) is -3.81. The molecule has 166 valence electrons. The Balaban J connectivity index is 1.67. The van der Waals surface area contributed by atoms with Crippen LogP contribution in [0.2, 0.25) is 0 Å². The minimum Gasteiger partial charge on any atom is -0.462 e. The van der Waals surface area contributed by atoms with Gasteiger partial charge in [-0.05, 0) is 68.7 Å². The normalized spacial score (nSPS) is 15.5. The quantitative estimate of drug-likeness (QED) is 0.684. The van der Waals surface area contributed by atoms with Crippen LogP contribution in [-0.2, 0) is 19.6 Å². The summed E-state index contributed by atoms with van der Waals surface area (Å²) >= 11 is 0. The lowest BCUT2D eigenvalue weighted by molar-refractivity contribution is -0.120. The third-order valence-corrected chi connectivity index (χ3v) is 7.17. The van der Waals surface area contributed by atoms with Gasteiger partial charge in [0, 0.05) is 24.7 Å². The maximum Gasteiger partial charge on any atom is 0.338 e. The molecular formula is C22H25FN2O5S. The van der Waals surface area contributed by atoms with Crippen molar-refractivity contribution in [3.8, 4) is 0 Å². The standard InChI is InChI=1S/C22H25FN2O5S/c1-3-30-22(27)20-14-19(9-4-15(20)2)31(28,29)25-12-10-16(11-13-25)21(26)24-18-7-5-17(23)6-8-18/h4-9,14,16H,3,10-13H2,1-2H3,(H,24,26). The molecule has 0 atom stereocenters. The number of esters is 1. The van der Waals surface area contributed by atoms with E-state index in [1.54, 1.807) is 19.9 Å². The van der Waals surface area contributed by atoms with Gasteiger partial charge in [-0.1, -0.05) is 6.07 Å². The number of ether oxygens (including phenoxy) is 1. The largest absolute Gasteiger partial charge is 0.462 e. The van der Waals surface area contributed by atoms with Crippen molar-refractivity contribution in [2.75, 3.05) is 25.0 Å². The van der Waals surface area contributed by atoms with Crippen LogP contribution in [0.15, 0.2) is 47.4 Å². The lowest BCUT2D eigenvalue weighted by Gasteiger charge is -2.30. The van der Waals surface area contributed by atoms with E-state index in [9.17, 15) is 22.4 Å². The molecule has 1 fully saturated rings. The van der Waals surface area contributed by atoms with Crippen LogP contribution in [0.3, 0.4) is 0 Å². The maximum atomic E-state index is 13.1. The van der Waals surface area contributed by atoms with Crippen LogP contribution >= 0.6 is 0 Å². The summed E-state index contributed by atoms with van der Waals surface area (Å²) in [5.41, 5.74) is 1.35. The predicted octanol–water partition coefficient (Wildman–Crippen LogP) is 3.35. The van der Waals surface area contributed by atoms with Gasteiger partial charge in [0.05, 0.1) is 17.1 Å². The van der Waals surface area contributed by atoms with E-state index in [2.05, 4.69) is 5.32 Å². The Morgan fingerprint density at radius 3 is 2.39 bits per heavy atom. The summed E-state index contributed by atoms with van der Waals surface area (Å²) in [6.07, 6.45) is 0.728. The number of hydrogen-bond donors (Lipinski definition) is 1. The van der Waals surface area contributed by atoms with E-state index >= 15 is 0 Å². The average molecular weight is 449 g/mol. The van der Waals surface area contributed by atoms with Gasteiger partial charge >= 0.3 is 5.97 Å². The highest BCUT2D eigenvalue weighted by Gasteiger charge is 2.32. The first-order chi connectivity index (χ1) is 14.7. The molecule has 1 amide bonds. The van der Waals surface area contributed by atoms with Crippen molar-refractivity contribution in [3.63, 3.8) is 0 Å². The molecule has 1 N–H and O–H groups in total. The van der Waals surface area contributed by atoms with Crippen LogP contribution in [0, 0.1) is 18.7 Å². The number of amides is 1.